The lowest BCUT2D eigenvalue weighted by atomic mass is 10.2. The van der Waals surface area contributed by atoms with E-state index in [1.807, 2.05) is 6.07 Å². The summed E-state index contributed by atoms with van der Waals surface area (Å²) < 4.78 is 23.8. The summed E-state index contributed by atoms with van der Waals surface area (Å²) >= 11 is 0. The fraction of sp³-hybridized carbons (Fsp3) is 0.263. The first-order valence-electron chi connectivity index (χ1n) is 7.84. The quantitative estimate of drug-likeness (QED) is 0.748. The smallest absolute Gasteiger partial charge is 0.220 e. The van der Waals surface area contributed by atoms with Gasteiger partial charge in [0.25, 0.3) is 0 Å². The van der Waals surface area contributed by atoms with Crippen LogP contribution in [-0.4, -0.2) is 19.6 Å². The lowest BCUT2D eigenvalue weighted by molar-refractivity contribution is -0.121. The van der Waals surface area contributed by atoms with Crippen LogP contribution in [0.4, 0.5) is 4.39 Å². The van der Waals surface area contributed by atoms with Crippen molar-refractivity contribution < 1.29 is 18.7 Å². The fourth-order valence-electron chi connectivity index (χ4n) is 2.21. The maximum Gasteiger partial charge on any atom is 0.220 e. The van der Waals surface area contributed by atoms with Crippen molar-refractivity contribution in [2.45, 2.75) is 19.4 Å². The summed E-state index contributed by atoms with van der Waals surface area (Å²) in [5.74, 6) is 0.562. The van der Waals surface area contributed by atoms with Crippen LogP contribution in [0.3, 0.4) is 0 Å². The Morgan fingerprint density at radius 1 is 1.24 bits per heavy atom. The van der Waals surface area contributed by atoms with Gasteiger partial charge in [-0.25, -0.2) is 4.39 Å². The third-order valence-corrected chi connectivity index (χ3v) is 3.48. The topological polar surface area (TPSA) is 71.3 Å². The number of ether oxygens (including phenoxy) is 2. The van der Waals surface area contributed by atoms with Crippen molar-refractivity contribution in [1.82, 2.24) is 5.32 Å². The first-order valence-corrected chi connectivity index (χ1v) is 7.84. The summed E-state index contributed by atoms with van der Waals surface area (Å²) in [5.41, 5.74) is 1.20. The summed E-state index contributed by atoms with van der Waals surface area (Å²) in [6, 6.07) is 13.0. The average molecular weight is 342 g/mol. The molecule has 1 N–H and O–H groups in total. The van der Waals surface area contributed by atoms with Gasteiger partial charge in [-0.3, -0.25) is 4.79 Å². The van der Waals surface area contributed by atoms with Crippen molar-refractivity contribution in [1.29, 1.82) is 5.26 Å². The molecule has 0 aromatic heterocycles. The van der Waals surface area contributed by atoms with E-state index in [1.165, 1.54) is 19.2 Å². The number of carbonyl (C=O) groups is 1. The highest BCUT2D eigenvalue weighted by Gasteiger charge is 2.07. The fourth-order valence-corrected chi connectivity index (χ4v) is 2.21. The lowest BCUT2D eigenvalue weighted by Gasteiger charge is -2.11. The molecule has 0 atom stereocenters. The Balaban J connectivity index is 1.72. The van der Waals surface area contributed by atoms with Gasteiger partial charge in [-0.1, -0.05) is 12.1 Å². The van der Waals surface area contributed by atoms with E-state index in [0.29, 0.717) is 48.6 Å². The lowest BCUT2D eigenvalue weighted by Crippen LogP contribution is -2.23. The van der Waals surface area contributed by atoms with Crippen molar-refractivity contribution >= 4 is 5.91 Å². The molecule has 0 aliphatic carbocycles. The molecule has 0 aliphatic rings. The van der Waals surface area contributed by atoms with Gasteiger partial charge >= 0.3 is 0 Å². The molecule has 5 nitrogen and oxygen atoms in total. The Labute approximate surface area is 146 Å². The van der Waals surface area contributed by atoms with Crippen molar-refractivity contribution in [3.8, 4) is 17.6 Å². The van der Waals surface area contributed by atoms with Gasteiger partial charge in [-0.2, -0.15) is 5.26 Å². The third-order valence-electron chi connectivity index (χ3n) is 3.48. The number of halogens is 1. The SMILES string of the molecule is COc1cc(C#N)ccc1OCCCC(=O)NCc1cccc(F)c1. The second-order valence-electron chi connectivity index (χ2n) is 5.34. The molecule has 0 heterocycles. The maximum atomic E-state index is 13.1. The Hall–Kier alpha value is -3.07. The Morgan fingerprint density at radius 3 is 2.80 bits per heavy atom. The van der Waals surface area contributed by atoms with Gasteiger partial charge in [-0.05, 0) is 36.2 Å². The number of nitrogens with zero attached hydrogens (tertiary/aromatic N) is 1. The van der Waals surface area contributed by atoms with E-state index in [9.17, 15) is 9.18 Å². The monoisotopic (exact) mass is 342 g/mol. The van der Waals surface area contributed by atoms with Crippen LogP contribution in [0.15, 0.2) is 42.5 Å². The number of benzene rings is 2. The number of nitriles is 1. The van der Waals surface area contributed by atoms with Crippen LogP contribution in [0.5, 0.6) is 11.5 Å². The van der Waals surface area contributed by atoms with Gasteiger partial charge in [0.05, 0.1) is 25.3 Å². The van der Waals surface area contributed by atoms with Crippen LogP contribution in [0.2, 0.25) is 0 Å². The van der Waals surface area contributed by atoms with Crippen molar-refractivity contribution in [3.63, 3.8) is 0 Å². The van der Waals surface area contributed by atoms with Gasteiger partial charge in [-0.15, -0.1) is 0 Å². The Kier molecular flexibility index (Phi) is 6.78. The number of nitrogens with one attached hydrogen (secondary N) is 1. The number of rotatable bonds is 8. The maximum absolute atomic E-state index is 13.1. The van der Waals surface area contributed by atoms with E-state index < -0.39 is 0 Å². The molecule has 2 aromatic rings. The van der Waals surface area contributed by atoms with Crippen LogP contribution in [-0.2, 0) is 11.3 Å². The minimum Gasteiger partial charge on any atom is -0.493 e. The zero-order valence-corrected chi connectivity index (χ0v) is 13.9. The largest absolute Gasteiger partial charge is 0.493 e. The zero-order chi connectivity index (χ0) is 18.1. The van der Waals surface area contributed by atoms with E-state index in [-0.39, 0.29) is 11.7 Å². The number of amides is 1. The molecule has 0 spiro atoms. The molecular weight excluding hydrogens is 323 g/mol. The summed E-state index contributed by atoms with van der Waals surface area (Å²) in [5, 5.41) is 11.6. The third kappa shape index (κ3) is 5.81. The highest BCUT2D eigenvalue weighted by molar-refractivity contribution is 5.75. The van der Waals surface area contributed by atoms with Crippen LogP contribution >= 0.6 is 0 Å². The Bertz CT molecular complexity index is 772. The minimum absolute atomic E-state index is 0.125. The van der Waals surface area contributed by atoms with Crippen molar-refractivity contribution in [2.75, 3.05) is 13.7 Å². The van der Waals surface area contributed by atoms with Gasteiger partial charge in [0.15, 0.2) is 11.5 Å². The molecule has 1 amide bonds. The zero-order valence-electron chi connectivity index (χ0n) is 13.9. The van der Waals surface area contributed by atoms with Crippen LogP contribution in [0.1, 0.15) is 24.0 Å². The second-order valence-corrected chi connectivity index (χ2v) is 5.34. The molecule has 0 fully saturated rings. The first kappa shape index (κ1) is 18.3. The van der Waals surface area contributed by atoms with Crippen molar-refractivity contribution in [2.24, 2.45) is 0 Å². The highest BCUT2D eigenvalue weighted by atomic mass is 19.1. The Morgan fingerprint density at radius 2 is 2.08 bits per heavy atom. The molecule has 0 radical (unpaired) electrons. The first-order chi connectivity index (χ1) is 12.1. The van der Waals surface area contributed by atoms with Gasteiger partial charge < -0.3 is 14.8 Å². The second kappa shape index (κ2) is 9.28. The van der Waals surface area contributed by atoms with E-state index in [2.05, 4.69) is 5.32 Å². The van der Waals surface area contributed by atoms with Gasteiger partial charge in [0, 0.05) is 19.0 Å². The molecule has 25 heavy (non-hydrogen) atoms. The highest BCUT2D eigenvalue weighted by Crippen LogP contribution is 2.27. The molecule has 2 rings (SSSR count). The van der Waals surface area contributed by atoms with E-state index in [4.69, 9.17) is 14.7 Å². The molecule has 0 aliphatic heterocycles. The molecule has 0 unspecified atom stereocenters. The molecule has 0 bridgehead atoms. The van der Waals surface area contributed by atoms with Crippen LogP contribution in [0, 0.1) is 17.1 Å². The van der Waals surface area contributed by atoms with Crippen LogP contribution in [0.25, 0.3) is 0 Å². The number of methoxy groups -OCH3 is 1. The minimum atomic E-state index is -0.323. The van der Waals surface area contributed by atoms with Gasteiger partial charge in [0.2, 0.25) is 5.91 Å². The number of carbonyl (C=O) groups excluding carboxylic acids is 1. The molecule has 6 heteroatoms. The average Bonchev–Trinajstić information content (AvgIpc) is 2.63. The molecule has 0 saturated carbocycles. The standard InChI is InChI=1S/C19H19FN2O3/c1-24-18-11-14(12-21)7-8-17(18)25-9-3-6-19(23)22-13-15-4-2-5-16(20)10-15/h2,4-5,7-8,10-11H,3,6,9,13H2,1H3,(H,22,23). The number of hydrogen-bond acceptors (Lipinski definition) is 4. The van der Waals surface area contributed by atoms with Crippen LogP contribution < -0.4 is 14.8 Å². The molecule has 130 valence electrons. The summed E-state index contributed by atoms with van der Waals surface area (Å²) in [6.45, 7) is 0.635. The summed E-state index contributed by atoms with van der Waals surface area (Å²) in [6.07, 6.45) is 0.825. The predicted octanol–water partition coefficient (Wildman–Crippen LogP) is 3.18. The van der Waals surface area contributed by atoms with Gasteiger partial charge in [0.1, 0.15) is 5.82 Å². The summed E-state index contributed by atoms with van der Waals surface area (Å²) in [7, 11) is 1.50. The van der Waals surface area contributed by atoms with E-state index in [0.717, 1.165) is 0 Å². The van der Waals surface area contributed by atoms with E-state index >= 15 is 0 Å². The van der Waals surface area contributed by atoms with E-state index in [1.54, 1.807) is 30.3 Å². The number of hydrogen-bond donors (Lipinski definition) is 1. The summed E-state index contributed by atoms with van der Waals surface area (Å²) in [4.78, 5) is 11.8. The normalized spacial score (nSPS) is 9.96. The predicted molar refractivity (Wildman–Crippen MR) is 90.7 cm³/mol. The molecular formula is C19H19FN2O3. The molecule has 2 aromatic carbocycles. The molecule has 0 saturated heterocycles. The van der Waals surface area contributed by atoms with Crippen molar-refractivity contribution in [3.05, 3.63) is 59.4 Å².